The predicted molar refractivity (Wildman–Crippen MR) is 65.0 cm³/mol. The Bertz CT molecular complexity index is 279. The van der Waals surface area contributed by atoms with E-state index in [9.17, 15) is 5.26 Å². The van der Waals surface area contributed by atoms with Crippen LogP contribution in [0.3, 0.4) is 0 Å². The maximum atomic E-state index is 9.46. The number of hydrogen-bond acceptors (Lipinski definition) is 3. The summed E-state index contributed by atoms with van der Waals surface area (Å²) in [6.07, 6.45) is 6.36. The average molecular weight is 221 g/mol. The summed E-state index contributed by atoms with van der Waals surface area (Å²) < 4.78 is 0. The Hall–Kier alpha value is -0.590. The van der Waals surface area contributed by atoms with Crippen molar-refractivity contribution in [2.45, 2.75) is 50.6 Å². The third kappa shape index (κ3) is 2.23. The SMILES string of the molecule is CNC(C#N)(CN1CCCCC1C)C1CC1. The highest BCUT2D eigenvalue weighted by molar-refractivity contribution is 5.16. The third-order valence-corrected chi connectivity index (χ3v) is 4.31. The fourth-order valence-electron chi connectivity index (χ4n) is 2.88. The first-order chi connectivity index (χ1) is 7.72. The van der Waals surface area contributed by atoms with Gasteiger partial charge in [0.1, 0.15) is 5.54 Å². The fourth-order valence-corrected chi connectivity index (χ4v) is 2.88. The van der Waals surface area contributed by atoms with Gasteiger partial charge in [0.25, 0.3) is 0 Å². The monoisotopic (exact) mass is 221 g/mol. The van der Waals surface area contributed by atoms with E-state index < -0.39 is 0 Å². The molecule has 16 heavy (non-hydrogen) atoms. The van der Waals surface area contributed by atoms with Crippen LogP contribution in [0.1, 0.15) is 39.0 Å². The first-order valence-electron chi connectivity index (χ1n) is 6.56. The Balaban J connectivity index is 2.02. The topological polar surface area (TPSA) is 39.1 Å². The molecule has 0 bridgehead atoms. The van der Waals surface area contributed by atoms with Crippen LogP contribution in [0.5, 0.6) is 0 Å². The number of nitriles is 1. The maximum Gasteiger partial charge on any atom is 0.122 e. The van der Waals surface area contributed by atoms with Crippen molar-refractivity contribution in [1.82, 2.24) is 10.2 Å². The molecule has 1 saturated heterocycles. The first kappa shape index (κ1) is 11.9. The Morgan fingerprint density at radius 2 is 2.12 bits per heavy atom. The van der Waals surface area contributed by atoms with E-state index in [4.69, 9.17) is 0 Å². The van der Waals surface area contributed by atoms with Crippen LogP contribution >= 0.6 is 0 Å². The minimum atomic E-state index is -0.286. The zero-order chi connectivity index (χ0) is 11.6. The van der Waals surface area contributed by atoms with Crippen molar-refractivity contribution >= 4 is 0 Å². The minimum Gasteiger partial charge on any atom is -0.301 e. The van der Waals surface area contributed by atoms with E-state index in [-0.39, 0.29) is 5.54 Å². The first-order valence-corrected chi connectivity index (χ1v) is 6.56. The van der Waals surface area contributed by atoms with Crippen LogP contribution in [-0.4, -0.2) is 36.6 Å². The van der Waals surface area contributed by atoms with Gasteiger partial charge >= 0.3 is 0 Å². The average Bonchev–Trinajstić information content (AvgIpc) is 3.13. The molecular formula is C13H23N3. The van der Waals surface area contributed by atoms with E-state index in [1.54, 1.807) is 0 Å². The Kier molecular flexibility index (Phi) is 3.51. The molecule has 0 aromatic heterocycles. The lowest BCUT2D eigenvalue weighted by molar-refractivity contribution is 0.122. The number of likely N-dealkylation sites (N-methyl/N-ethyl adjacent to an activating group) is 1. The standard InChI is InChI=1S/C13H23N3/c1-11-5-3-4-8-16(11)10-13(9-14,15-2)12-6-7-12/h11-12,15H,3-8,10H2,1-2H3. The van der Waals surface area contributed by atoms with E-state index in [1.807, 2.05) is 7.05 Å². The molecule has 2 fully saturated rings. The van der Waals surface area contributed by atoms with E-state index in [1.165, 1.54) is 38.6 Å². The summed E-state index contributed by atoms with van der Waals surface area (Å²) in [5, 5.41) is 12.8. The molecule has 90 valence electrons. The summed E-state index contributed by atoms with van der Waals surface area (Å²) in [4.78, 5) is 2.50. The van der Waals surface area contributed by atoms with Gasteiger partial charge in [-0.3, -0.25) is 4.90 Å². The summed E-state index contributed by atoms with van der Waals surface area (Å²) in [5.74, 6) is 0.580. The molecule has 2 atom stereocenters. The van der Waals surface area contributed by atoms with Crippen molar-refractivity contribution in [3.8, 4) is 6.07 Å². The number of likely N-dealkylation sites (tertiary alicyclic amines) is 1. The van der Waals surface area contributed by atoms with Gasteiger partial charge in [0.05, 0.1) is 6.07 Å². The van der Waals surface area contributed by atoms with Gasteiger partial charge in [-0.1, -0.05) is 6.42 Å². The minimum absolute atomic E-state index is 0.286. The largest absolute Gasteiger partial charge is 0.301 e. The van der Waals surface area contributed by atoms with E-state index >= 15 is 0 Å². The molecule has 0 spiro atoms. The second-order valence-electron chi connectivity index (χ2n) is 5.42. The molecular weight excluding hydrogens is 198 g/mol. The molecule has 2 rings (SSSR count). The van der Waals surface area contributed by atoms with E-state index in [2.05, 4.69) is 23.2 Å². The van der Waals surface area contributed by atoms with Crippen molar-refractivity contribution in [2.24, 2.45) is 5.92 Å². The van der Waals surface area contributed by atoms with E-state index in [0.29, 0.717) is 12.0 Å². The summed E-state index contributed by atoms with van der Waals surface area (Å²) >= 11 is 0. The Labute approximate surface area is 98.8 Å². The normalized spacial score (nSPS) is 30.7. The molecule has 1 saturated carbocycles. The Morgan fingerprint density at radius 3 is 2.62 bits per heavy atom. The zero-order valence-electron chi connectivity index (χ0n) is 10.5. The molecule has 0 amide bonds. The van der Waals surface area contributed by atoms with Crippen LogP contribution in [-0.2, 0) is 0 Å². The molecule has 0 aromatic rings. The number of rotatable bonds is 4. The van der Waals surface area contributed by atoms with Crippen LogP contribution in [0.2, 0.25) is 0 Å². The molecule has 1 heterocycles. The second kappa shape index (κ2) is 4.73. The number of piperidine rings is 1. The lowest BCUT2D eigenvalue weighted by Gasteiger charge is -2.39. The molecule has 0 radical (unpaired) electrons. The summed E-state index contributed by atoms with van der Waals surface area (Å²) in [7, 11) is 1.94. The van der Waals surface area contributed by atoms with Crippen LogP contribution < -0.4 is 5.32 Å². The summed E-state index contributed by atoms with van der Waals surface area (Å²) in [6.45, 7) is 4.37. The van der Waals surface area contributed by atoms with Crippen molar-refractivity contribution in [3.63, 3.8) is 0 Å². The van der Waals surface area contributed by atoms with Crippen LogP contribution in [0, 0.1) is 17.2 Å². The highest BCUT2D eigenvalue weighted by Gasteiger charge is 2.46. The molecule has 3 nitrogen and oxygen atoms in total. The quantitative estimate of drug-likeness (QED) is 0.786. The van der Waals surface area contributed by atoms with Crippen LogP contribution in [0.4, 0.5) is 0 Å². The highest BCUT2D eigenvalue weighted by atomic mass is 15.2. The lowest BCUT2D eigenvalue weighted by Crippen LogP contribution is -2.55. The van der Waals surface area contributed by atoms with Crippen LogP contribution in [0.15, 0.2) is 0 Å². The van der Waals surface area contributed by atoms with Gasteiger partial charge in [-0.25, -0.2) is 0 Å². The smallest absolute Gasteiger partial charge is 0.122 e. The second-order valence-corrected chi connectivity index (χ2v) is 5.42. The summed E-state index contributed by atoms with van der Waals surface area (Å²) in [6, 6.07) is 3.19. The van der Waals surface area contributed by atoms with Crippen LogP contribution in [0.25, 0.3) is 0 Å². The lowest BCUT2D eigenvalue weighted by atomic mass is 9.92. The van der Waals surface area contributed by atoms with Gasteiger partial charge in [-0.05, 0) is 52.1 Å². The van der Waals surface area contributed by atoms with Gasteiger partial charge in [0.2, 0.25) is 0 Å². The van der Waals surface area contributed by atoms with Crippen molar-refractivity contribution < 1.29 is 0 Å². The molecule has 1 aliphatic heterocycles. The molecule has 1 N–H and O–H groups in total. The van der Waals surface area contributed by atoms with Crippen molar-refractivity contribution in [2.75, 3.05) is 20.1 Å². The van der Waals surface area contributed by atoms with Crippen molar-refractivity contribution in [3.05, 3.63) is 0 Å². The zero-order valence-corrected chi connectivity index (χ0v) is 10.5. The highest BCUT2D eigenvalue weighted by Crippen LogP contribution is 2.40. The van der Waals surface area contributed by atoms with Crippen molar-refractivity contribution in [1.29, 1.82) is 5.26 Å². The molecule has 0 aromatic carbocycles. The number of nitrogens with one attached hydrogen (secondary N) is 1. The molecule has 3 heteroatoms. The van der Waals surface area contributed by atoms with Gasteiger partial charge in [-0.15, -0.1) is 0 Å². The number of nitrogens with zero attached hydrogens (tertiary/aromatic N) is 2. The Morgan fingerprint density at radius 1 is 1.38 bits per heavy atom. The molecule has 2 aliphatic rings. The number of hydrogen-bond donors (Lipinski definition) is 1. The fraction of sp³-hybridized carbons (Fsp3) is 0.923. The summed E-state index contributed by atoms with van der Waals surface area (Å²) in [5.41, 5.74) is -0.286. The predicted octanol–water partition coefficient (Wildman–Crippen LogP) is 1.75. The maximum absolute atomic E-state index is 9.46. The van der Waals surface area contributed by atoms with Gasteiger partial charge < -0.3 is 5.32 Å². The molecule has 1 aliphatic carbocycles. The third-order valence-electron chi connectivity index (χ3n) is 4.31. The van der Waals surface area contributed by atoms with E-state index in [0.717, 1.165) is 6.54 Å². The van der Waals surface area contributed by atoms with Gasteiger partial charge in [0.15, 0.2) is 0 Å². The van der Waals surface area contributed by atoms with Gasteiger partial charge in [0, 0.05) is 12.6 Å². The molecule has 2 unspecified atom stereocenters. The van der Waals surface area contributed by atoms with Gasteiger partial charge in [-0.2, -0.15) is 5.26 Å².